The van der Waals surface area contributed by atoms with Crippen LogP contribution in [-0.2, 0) is 4.74 Å². The Hall–Kier alpha value is -1.64. The van der Waals surface area contributed by atoms with Gasteiger partial charge in [0.1, 0.15) is 0 Å². The average Bonchev–Trinajstić information content (AvgIpc) is 2.47. The Morgan fingerprint density at radius 1 is 0.857 bits per heavy atom. The summed E-state index contributed by atoms with van der Waals surface area (Å²) in [4.78, 5) is 0. The second kappa shape index (κ2) is 6.42. The zero-order valence-electron chi connectivity index (χ0n) is 13.3. The maximum absolute atomic E-state index is 6.40. The Morgan fingerprint density at radius 2 is 1.38 bits per heavy atom. The standard InChI is InChI=1S/C19H25NO/c1-19(2,3)18(21-4)17(20)16-12-10-15(11-13-16)14-8-6-5-7-9-14/h5-13,17-18H,20H2,1-4H3. The summed E-state index contributed by atoms with van der Waals surface area (Å²) < 4.78 is 5.62. The number of ether oxygens (including phenoxy) is 1. The van der Waals surface area contributed by atoms with Gasteiger partial charge in [0.05, 0.1) is 12.1 Å². The lowest BCUT2D eigenvalue weighted by atomic mass is 9.82. The summed E-state index contributed by atoms with van der Waals surface area (Å²) in [6.07, 6.45) is -0.0138. The van der Waals surface area contributed by atoms with Crippen LogP contribution in [0, 0.1) is 5.41 Å². The van der Waals surface area contributed by atoms with Crippen LogP contribution in [0.3, 0.4) is 0 Å². The van der Waals surface area contributed by atoms with Crippen molar-refractivity contribution < 1.29 is 4.74 Å². The molecule has 112 valence electrons. The van der Waals surface area contributed by atoms with Crippen molar-refractivity contribution in [3.8, 4) is 11.1 Å². The molecule has 2 aromatic carbocycles. The van der Waals surface area contributed by atoms with Gasteiger partial charge < -0.3 is 10.5 Å². The van der Waals surface area contributed by atoms with Gasteiger partial charge in [0, 0.05) is 7.11 Å². The number of nitrogens with two attached hydrogens (primary N) is 1. The van der Waals surface area contributed by atoms with E-state index in [1.165, 1.54) is 11.1 Å². The van der Waals surface area contributed by atoms with Crippen molar-refractivity contribution in [1.29, 1.82) is 0 Å². The van der Waals surface area contributed by atoms with Crippen LogP contribution in [0.4, 0.5) is 0 Å². The first kappa shape index (κ1) is 15.7. The molecule has 2 atom stereocenters. The van der Waals surface area contributed by atoms with E-state index in [0.29, 0.717) is 0 Å². The lowest BCUT2D eigenvalue weighted by molar-refractivity contribution is -0.00243. The summed E-state index contributed by atoms with van der Waals surface area (Å²) in [5.41, 5.74) is 9.94. The van der Waals surface area contributed by atoms with E-state index in [1.54, 1.807) is 7.11 Å². The van der Waals surface area contributed by atoms with Crippen LogP contribution in [0.15, 0.2) is 54.6 Å². The first-order chi connectivity index (χ1) is 9.93. The molecule has 2 unspecified atom stereocenters. The lowest BCUT2D eigenvalue weighted by Crippen LogP contribution is -2.38. The van der Waals surface area contributed by atoms with Crippen LogP contribution in [0.25, 0.3) is 11.1 Å². The Bertz CT molecular complexity index is 554. The van der Waals surface area contributed by atoms with Gasteiger partial charge in [0.15, 0.2) is 0 Å². The topological polar surface area (TPSA) is 35.2 Å². The first-order valence-electron chi connectivity index (χ1n) is 7.37. The summed E-state index contributed by atoms with van der Waals surface area (Å²) in [6, 6.07) is 18.7. The molecule has 0 amide bonds. The lowest BCUT2D eigenvalue weighted by Gasteiger charge is -2.34. The minimum absolute atomic E-state index is 0.00622. The van der Waals surface area contributed by atoms with Crippen molar-refractivity contribution >= 4 is 0 Å². The summed E-state index contributed by atoms with van der Waals surface area (Å²) in [5.74, 6) is 0. The molecule has 21 heavy (non-hydrogen) atoms. The molecule has 0 saturated heterocycles. The molecule has 0 radical (unpaired) electrons. The number of hydrogen-bond acceptors (Lipinski definition) is 2. The largest absolute Gasteiger partial charge is 0.379 e. The number of hydrogen-bond donors (Lipinski definition) is 1. The number of rotatable bonds is 4. The third kappa shape index (κ3) is 3.72. The van der Waals surface area contributed by atoms with E-state index in [2.05, 4.69) is 69.3 Å². The summed E-state index contributed by atoms with van der Waals surface area (Å²) in [7, 11) is 1.73. The van der Waals surface area contributed by atoms with E-state index in [-0.39, 0.29) is 17.6 Å². The van der Waals surface area contributed by atoms with Gasteiger partial charge in [-0.1, -0.05) is 75.4 Å². The highest BCUT2D eigenvalue weighted by Crippen LogP contribution is 2.31. The van der Waals surface area contributed by atoms with Gasteiger partial charge in [-0.25, -0.2) is 0 Å². The molecule has 0 saturated carbocycles. The van der Waals surface area contributed by atoms with E-state index >= 15 is 0 Å². The van der Waals surface area contributed by atoms with Gasteiger partial charge in [-0.15, -0.1) is 0 Å². The highest BCUT2D eigenvalue weighted by atomic mass is 16.5. The number of benzene rings is 2. The molecule has 0 fully saturated rings. The molecule has 2 aromatic rings. The molecular weight excluding hydrogens is 258 g/mol. The summed E-state index contributed by atoms with van der Waals surface area (Å²) >= 11 is 0. The number of methoxy groups -OCH3 is 1. The Kier molecular flexibility index (Phi) is 4.81. The predicted octanol–water partition coefficient (Wildman–Crippen LogP) is 4.41. The molecule has 0 spiro atoms. The van der Waals surface area contributed by atoms with Gasteiger partial charge in [-0.05, 0) is 22.1 Å². The molecular formula is C19H25NO. The normalized spacial score (nSPS) is 14.7. The van der Waals surface area contributed by atoms with Crippen LogP contribution >= 0.6 is 0 Å². The van der Waals surface area contributed by atoms with Crippen molar-refractivity contribution in [2.75, 3.05) is 7.11 Å². The Balaban J connectivity index is 2.23. The second-order valence-corrected chi connectivity index (χ2v) is 6.54. The molecule has 2 rings (SSSR count). The fourth-order valence-electron chi connectivity index (χ4n) is 2.74. The van der Waals surface area contributed by atoms with Gasteiger partial charge in [-0.3, -0.25) is 0 Å². The SMILES string of the molecule is COC(C(N)c1ccc(-c2ccccc2)cc1)C(C)(C)C. The Labute approximate surface area is 127 Å². The van der Waals surface area contributed by atoms with Crippen LogP contribution in [-0.4, -0.2) is 13.2 Å². The van der Waals surface area contributed by atoms with Gasteiger partial charge in [0.2, 0.25) is 0 Å². The molecule has 0 aliphatic rings. The van der Waals surface area contributed by atoms with Gasteiger partial charge >= 0.3 is 0 Å². The van der Waals surface area contributed by atoms with Crippen LogP contribution in [0.2, 0.25) is 0 Å². The highest BCUT2D eigenvalue weighted by molar-refractivity contribution is 5.63. The molecule has 0 bridgehead atoms. The fraction of sp³-hybridized carbons (Fsp3) is 0.368. The second-order valence-electron chi connectivity index (χ2n) is 6.54. The first-order valence-corrected chi connectivity index (χ1v) is 7.37. The van der Waals surface area contributed by atoms with Crippen molar-refractivity contribution in [3.05, 3.63) is 60.2 Å². The van der Waals surface area contributed by atoms with E-state index in [9.17, 15) is 0 Å². The van der Waals surface area contributed by atoms with E-state index < -0.39 is 0 Å². The molecule has 0 aromatic heterocycles. The third-order valence-corrected chi connectivity index (χ3v) is 3.84. The molecule has 2 nitrogen and oxygen atoms in total. The zero-order valence-corrected chi connectivity index (χ0v) is 13.3. The average molecular weight is 283 g/mol. The van der Waals surface area contributed by atoms with Crippen molar-refractivity contribution in [1.82, 2.24) is 0 Å². The van der Waals surface area contributed by atoms with Crippen LogP contribution in [0.5, 0.6) is 0 Å². The minimum atomic E-state index is -0.125. The van der Waals surface area contributed by atoms with Gasteiger partial charge in [-0.2, -0.15) is 0 Å². The fourth-order valence-corrected chi connectivity index (χ4v) is 2.74. The zero-order chi connectivity index (χ0) is 15.5. The van der Waals surface area contributed by atoms with Crippen molar-refractivity contribution in [2.45, 2.75) is 32.9 Å². The van der Waals surface area contributed by atoms with Gasteiger partial charge in [0.25, 0.3) is 0 Å². The monoisotopic (exact) mass is 283 g/mol. The Morgan fingerprint density at radius 3 is 1.86 bits per heavy atom. The third-order valence-electron chi connectivity index (χ3n) is 3.84. The van der Waals surface area contributed by atoms with E-state index in [0.717, 1.165) is 5.56 Å². The van der Waals surface area contributed by atoms with Crippen molar-refractivity contribution in [2.24, 2.45) is 11.1 Å². The summed E-state index contributed by atoms with van der Waals surface area (Å²) in [5, 5.41) is 0. The molecule has 0 aliphatic carbocycles. The molecule has 0 aliphatic heterocycles. The van der Waals surface area contributed by atoms with Crippen LogP contribution < -0.4 is 5.73 Å². The smallest absolute Gasteiger partial charge is 0.0811 e. The minimum Gasteiger partial charge on any atom is -0.379 e. The quantitative estimate of drug-likeness (QED) is 0.901. The maximum Gasteiger partial charge on any atom is 0.0811 e. The molecule has 0 heterocycles. The van der Waals surface area contributed by atoms with E-state index in [1.807, 2.05) is 6.07 Å². The van der Waals surface area contributed by atoms with E-state index in [4.69, 9.17) is 10.5 Å². The predicted molar refractivity (Wildman–Crippen MR) is 89.1 cm³/mol. The maximum atomic E-state index is 6.40. The van der Waals surface area contributed by atoms with Crippen LogP contribution in [0.1, 0.15) is 32.4 Å². The highest BCUT2D eigenvalue weighted by Gasteiger charge is 2.30. The summed E-state index contributed by atoms with van der Waals surface area (Å²) in [6.45, 7) is 6.46. The molecule has 2 N–H and O–H groups in total. The molecule has 2 heteroatoms. The van der Waals surface area contributed by atoms with Crippen molar-refractivity contribution in [3.63, 3.8) is 0 Å².